The lowest BCUT2D eigenvalue weighted by Gasteiger charge is -2.32. The smallest absolute Gasteiger partial charge is 0.399 e. The number of hydrogen-bond acceptors (Lipinski definition) is 4. The standard InChI is InChI=1S/C17H21BN4O2/c1-16(2)17(3,4)24-18(23-16)13-7-6-12-9-20-22(15(12)8-13)14-10-19-21(5)11-14/h6-11H,1-5H3/i9D. The first-order valence-electron chi connectivity index (χ1n) is 8.52. The molecular formula is C17H21BN4O2. The zero-order valence-electron chi connectivity index (χ0n) is 15.6. The highest BCUT2D eigenvalue weighted by molar-refractivity contribution is 6.62. The molecule has 1 saturated heterocycles. The number of fused-ring (bicyclic) bond motifs is 1. The molecule has 3 aromatic rings. The summed E-state index contributed by atoms with van der Waals surface area (Å²) in [6.45, 7) is 8.14. The predicted molar refractivity (Wildman–Crippen MR) is 93.6 cm³/mol. The maximum Gasteiger partial charge on any atom is 0.494 e. The van der Waals surface area contributed by atoms with Gasteiger partial charge >= 0.3 is 7.12 Å². The number of rotatable bonds is 2. The molecule has 0 bridgehead atoms. The Labute approximate surface area is 142 Å². The average molecular weight is 325 g/mol. The molecule has 24 heavy (non-hydrogen) atoms. The van der Waals surface area contributed by atoms with E-state index in [9.17, 15) is 0 Å². The maximum atomic E-state index is 8.13. The van der Waals surface area contributed by atoms with Crippen LogP contribution in [0, 0.1) is 0 Å². The Morgan fingerprint density at radius 1 is 1.12 bits per heavy atom. The van der Waals surface area contributed by atoms with Crippen LogP contribution in [0.5, 0.6) is 0 Å². The molecule has 6 nitrogen and oxygen atoms in total. The van der Waals surface area contributed by atoms with Crippen molar-refractivity contribution in [2.75, 3.05) is 0 Å². The Kier molecular flexibility index (Phi) is 2.93. The van der Waals surface area contributed by atoms with Gasteiger partial charge < -0.3 is 9.31 Å². The van der Waals surface area contributed by atoms with E-state index in [-0.39, 0.29) is 6.17 Å². The molecule has 1 aliphatic rings. The van der Waals surface area contributed by atoms with Crippen molar-refractivity contribution in [1.29, 1.82) is 0 Å². The van der Waals surface area contributed by atoms with Crippen molar-refractivity contribution >= 4 is 23.5 Å². The van der Waals surface area contributed by atoms with Crippen LogP contribution in [0.3, 0.4) is 0 Å². The van der Waals surface area contributed by atoms with Crippen LogP contribution < -0.4 is 5.46 Å². The summed E-state index contributed by atoms with van der Waals surface area (Å²) >= 11 is 0. The van der Waals surface area contributed by atoms with Gasteiger partial charge in [0.15, 0.2) is 0 Å². The molecule has 0 aliphatic carbocycles. The third-order valence-corrected chi connectivity index (χ3v) is 4.98. The van der Waals surface area contributed by atoms with Crippen LogP contribution in [0.15, 0.2) is 36.8 Å². The van der Waals surface area contributed by atoms with Crippen LogP contribution >= 0.6 is 0 Å². The molecule has 4 rings (SSSR count). The second-order valence-corrected chi connectivity index (χ2v) is 7.26. The number of aryl methyl sites for hydroxylation is 1. The molecule has 2 aromatic heterocycles. The second kappa shape index (κ2) is 4.94. The van der Waals surface area contributed by atoms with E-state index in [4.69, 9.17) is 10.7 Å². The molecule has 124 valence electrons. The molecule has 7 heteroatoms. The lowest BCUT2D eigenvalue weighted by atomic mass is 9.79. The van der Waals surface area contributed by atoms with Gasteiger partial charge in [-0.2, -0.15) is 10.2 Å². The van der Waals surface area contributed by atoms with Crippen molar-refractivity contribution < 1.29 is 10.7 Å². The lowest BCUT2D eigenvalue weighted by Crippen LogP contribution is -2.41. The first-order valence-corrected chi connectivity index (χ1v) is 8.02. The minimum absolute atomic E-state index is 0.235. The van der Waals surface area contributed by atoms with Crippen LogP contribution in [0.4, 0.5) is 0 Å². The largest absolute Gasteiger partial charge is 0.494 e. The van der Waals surface area contributed by atoms with E-state index in [2.05, 4.69) is 10.2 Å². The van der Waals surface area contributed by atoms with Crippen molar-refractivity contribution in [1.82, 2.24) is 19.6 Å². The number of aromatic nitrogens is 4. The SMILES string of the molecule is [2H]c1nn(-c2cnn(C)c2)c2cc(B3OC(C)(C)C(C)(C)O3)ccc12. The topological polar surface area (TPSA) is 54.1 Å². The first-order chi connectivity index (χ1) is 11.7. The van der Waals surface area contributed by atoms with Gasteiger partial charge in [-0.25, -0.2) is 4.68 Å². The van der Waals surface area contributed by atoms with E-state index in [0.717, 1.165) is 22.1 Å². The summed E-state index contributed by atoms with van der Waals surface area (Å²) in [7, 11) is 1.41. The van der Waals surface area contributed by atoms with Crippen molar-refractivity contribution in [3.8, 4) is 5.69 Å². The molecule has 0 amide bonds. The molecule has 1 aliphatic heterocycles. The molecule has 1 fully saturated rings. The van der Waals surface area contributed by atoms with Crippen LogP contribution in [0.25, 0.3) is 16.6 Å². The third kappa shape index (κ3) is 2.27. The van der Waals surface area contributed by atoms with E-state index in [1.165, 1.54) is 0 Å². The monoisotopic (exact) mass is 325 g/mol. The van der Waals surface area contributed by atoms with Crippen molar-refractivity contribution in [2.45, 2.75) is 38.9 Å². The van der Waals surface area contributed by atoms with Crippen molar-refractivity contribution in [3.05, 3.63) is 36.8 Å². The van der Waals surface area contributed by atoms with Gasteiger partial charge in [-0.1, -0.05) is 12.1 Å². The third-order valence-electron chi connectivity index (χ3n) is 4.98. The number of nitrogens with zero attached hydrogens (tertiary/aromatic N) is 4. The second-order valence-electron chi connectivity index (χ2n) is 7.26. The van der Waals surface area contributed by atoms with E-state index in [1.54, 1.807) is 15.6 Å². The molecule has 0 atom stereocenters. The Morgan fingerprint density at radius 2 is 1.83 bits per heavy atom. The summed E-state index contributed by atoms with van der Waals surface area (Å²) in [5.41, 5.74) is 1.78. The molecular weight excluding hydrogens is 303 g/mol. The highest BCUT2D eigenvalue weighted by Gasteiger charge is 2.51. The van der Waals surface area contributed by atoms with E-state index in [1.807, 2.05) is 59.1 Å². The normalized spacial score (nSPS) is 19.9. The highest BCUT2D eigenvalue weighted by Crippen LogP contribution is 2.36. The quantitative estimate of drug-likeness (QED) is 0.677. The fourth-order valence-corrected chi connectivity index (χ4v) is 2.82. The van der Waals surface area contributed by atoms with Gasteiger partial charge in [0.25, 0.3) is 0 Å². The van der Waals surface area contributed by atoms with Crippen molar-refractivity contribution in [3.63, 3.8) is 0 Å². The summed E-state index contributed by atoms with van der Waals surface area (Å²) in [5, 5.41) is 9.32. The molecule has 0 N–H and O–H groups in total. The van der Waals surface area contributed by atoms with Crippen LogP contribution in [0.2, 0.25) is 0 Å². The summed E-state index contributed by atoms with van der Waals surface area (Å²) in [6.07, 6.45) is 3.83. The molecule has 0 saturated carbocycles. The van der Waals surface area contributed by atoms with Crippen molar-refractivity contribution in [2.24, 2.45) is 7.05 Å². The summed E-state index contributed by atoms with van der Waals surface area (Å²) in [4.78, 5) is 0. The average Bonchev–Trinajstić information content (AvgIpc) is 3.15. The maximum absolute atomic E-state index is 8.13. The first kappa shape index (κ1) is 14.2. The van der Waals surface area contributed by atoms with Gasteiger partial charge in [-0.15, -0.1) is 0 Å². The van der Waals surface area contributed by atoms with Gasteiger partial charge in [0.2, 0.25) is 0 Å². The van der Waals surface area contributed by atoms with E-state index in [0.29, 0.717) is 0 Å². The Bertz CT molecular complexity index is 947. The van der Waals surface area contributed by atoms with Gasteiger partial charge in [0.1, 0.15) is 5.69 Å². The summed E-state index contributed by atoms with van der Waals surface area (Å²) in [5.74, 6) is 0. The van der Waals surface area contributed by atoms with Crippen LogP contribution in [-0.2, 0) is 16.4 Å². The van der Waals surface area contributed by atoms with Gasteiger partial charge in [0.05, 0.1) is 36.7 Å². The molecule has 1 aromatic carbocycles. The summed E-state index contributed by atoms with van der Waals surface area (Å²) < 4.78 is 23.9. The highest BCUT2D eigenvalue weighted by atomic mass is 16.7. The minimum Gasteiger partial charge on any atom is -0.399 e. The molecule has 0 spiro atoms. The Hall–Kier alpha value is -2.12. The Morgan fingerprint density at radius 3 is 2.46 bits per heavy atom. The predicted octanol–water partition coefficient (Wildman–Crippen LogP) is 2.06. The fourth-order valence-electron chi connectivity index (χ4n) is 2.82. The zero-order chi connectivity index (χ0) is 18.0. The lowest BCUT2D eigenvalue weighted by molar-refractivity contribution is 0.00578. The zero-order valence-corrected chi connectivity index (χ0v) is 14.6. The van der Waals surface area contributed by atoms with E-state index >= 15 is 0 Å². The van der Waals surface area contributed by atoms with Crippen LogP contribution in [-0.4, -0.2) is 37.9 Å². The molecule has 0 radical (unpaired) electrons. The van der Waals surface area contributed by atoms with E-state index < -0.39 is 18.3 Å². The number of hydrogen-bond donors (Lipinski definition) is 0. The van der Waals surface area contributed by atoms with Gasteiger partial charge in [-0.3, -0.25) is 4.68 Å². The minimum atomic E-state index is -0.444. The Balaban J connectivity index is 1.81. The van der Waals surface area contributed by atoms with Crippen LogP contribution in [0.1, 0.15) is 29.1 Å². The van der Waals surface area contributed by atoms with Gasteiger partial charge in [-0.05, 0) is 39.2 Å². The number of benzene rings is 1. The molecule has 0 unspecified atom stereocenters. The summed E-state index contributed by atoms with van der Waals surface area (Å²) in [6, 6.07) is 5.82. The van der Waals surface area contributed by atoms with Gasteiger partial charge in [0, 0.05) is 12.4 Å². The molecule has 3 heterocycles. The fraction of sp³-hybridized carbons (Fsp3) is 0.412.